The van der Waals surface area contributed by atoms with E-state index in [1.54, 1.807) is 18.3 Å². The van der Waals surface area contributed by atoms with E-state index in [-0.39, 0.29) is 0 Å². The molecule has 1 aliphatic heterocycles. The van der Waals surface area contributed by atoms with E-state index in [0.29, 0.717) is 17.3 Å². The molecule has 0 aliphatic carbocycles. The molecule has 2 atom stereocenters. The van der Waals surface area contributed by atoms with Gasteiger partial charge in [-0.25, -0.2) is 0 Å². The second-order valence-electron chi connectivity index (χ2n) is 8.66. The molecule has 3 N–H and O–H groups in total. The average molecular weight is 472 g/mol. The lowest BCUT2D eigenvalue weighted by atomic mass is 9.96. The number of rotatable bonds is 4. The van der Waals surface area contributed by atoms with E-state index in [1.165, 1.54) is 4.88 Å². The van der Waals surface area contributed by atoms with Gasteiger partial charge in [-0.2, -0.15) is 0 Å². The Morgan fingerprint density at radius 3 is 2.44 bits per heavy atom. The zero-order chi connectivity index (χ0) is 24.1. The zero-order valence-corrected chi connectivity index (χ0v) is 20.2. The first-order valence-corrected chi connectivity index (χ1v) is 11.9. The van der Waals surface area contributed by atoms with Gasteiger partial charge in [0.15, 0.2) is 5.82 Å². The third kappa shape index (κ3) is 3.51. The van der Waals surface area contributed by atoms with Gasteiger partial charge < -0.3 is 10.8 Å². The van der Waals surface area contributed by atoms with Crippen molar-refractivity contribution in [3.8, 4) is 16.1 Å². The Morgan fingerprint density at radius 2 is 1.76 bits per heavy atom. The summed E-state index contributed by atoms with van der Waals surface area (Å²) in [6, 6.07) is 15.3. The van der Waals surface area contributed by atoms with Gasteiger partial charge in [-0.05, 0) is 56.5 Å². The van der Waals surface area contributed by atoms with Crippen LogP contribution in [0, 0.1) is 26.7 Å². The van der Waals surface area contributed by atoms with Gasteiger partial charge >= 0.3 is 5.97 Å². The molecule has 0 radical (unpaired) electrons. The van der Waals surface area contributed by atoms with Crippen molar-refractivity contribution >= 4 is 28.7 Å². The Bertz CT molecular complexity index is 1450. The molecule has 0 saturated heterocycles. The van der Waals surface area contributed by atoms with E-state index in [2.05, 4.69) is 24.0 Å². The van der Waals surface area contributed by atoms with Gasteiger partial charge in [0.1, 0.15) is 16.9 Å². The van der Waals surface area contributed by atoms with Crippen LogP contribution < -0.4 is 5.73 Å². The molecule has 0 spiro atoms. The van der Waals surface area contributed by atoms with Crippen LogP contribution in [0.15, 0.2) is 53.5 Å². The highest BCUT2D eigenvalue weighted by molar-refractivity contribution is 7.15. The normalized spacial score (nSPS) is 15.8. The van der Waals surface area contributed by atoms with Crippen molar-refractivity contribution in [3.63, 3.8) is 0 Å². The van der Waals surface area contributed by atoms with E-state index in [9.17, 15) is 9.90 Å². The Balaban J connectivity index is 1.71. The molecule has 4 aromatic rings. The number of anilines is 1. The number of nitrogen functional groups attached to an aromatic ring is 1. The molecule has 2 aromatic heterocycles. The maximum absolute atomic E-state index is 12.0. The van der Waals surface area contributed by atoms with Gasteiger partial charge in [0.25, 0.3) is 0 Å². The molecule has 0 amide bonds. The first kappa shape index (κ1) is 22.0. The van der Waals surface area contributed by atoms with Crippen molar-refractivity contribution in [3.05, 3.63) is 81.7 Å². The molecule has 34 heavy (non-hydrogen) atoms. The van der Waals surface area contributed by atoms with Crippen LogP contribution in [-0.2, 0) is 4.79 Å². The SMILES string of the molecule is Cc1sc2c(c1C)C(c1ccc(-c3cccc(N)c3)cc1)=N[C@@H](C(C)C(=O)O)c1nnc(C)n1-2. The summed E-state index contributed by atoms with van der Waals surface area (Å²) in [5.74, 6) is -0.412. The lowest BCUT2D eigenvalue weighted by Gasteiger charge is -2.16. The highest BCUT2D eigenvalue weighted by atomic mass is 32.1. The third-order valence-corrected chi connectivity index (χ3v) is 7.62. The highest BCUT2D eigenvalue weighted by Gasteiger charge is 2.36. The van der Waals surface area contributed by atoms with Gasteiger partial charge in [-0.1, -0.05) is 36.4 Å². The number of hydrogen-bond donors (Lipinski definition) is 2. The van der Waals surface area contributed by atoms with Crippen LogP contribution in [0.4, 0.5) is 5.69 Å². The van der Waals surface area contributed by atoms with Crippen LogP contribution in [0.3, 0.4) is 0 Å². The fourth-order valence-corrected chi connectivity index (χ4v) is 5.57. The lowest BCUT2D eigenvalue weighted by Crippen LogP contribution is -2.21. The van der Waals surface area contributed by atoms with E-state index >= 15 is 0 Å². The van der Waals surface area contributed by atoms with Crippen LogP contribution in [0.1, 0.15) is 46.2 Å². The van der Waals surface area contributed by atoms with E-state index in [1.807, 2.05) is 60.0 Å². The molecule has 1 aliphatic rings. The second-order valence-corrected chi connectivity index (χ2v) is 9.86. The smallest absolute Gasteiger partial charge is 0.308 e. The summed E-state index contributed by atoms with van der Waals surface area (Å²) in [5.41, 5.74) is 12.6. The van der Waals surface area contributed by atoms with E-state index in [4.69, 9.17) is 10.7 Å². The quantitative estimate of drug-likeness (QED) is 0.402. The number of fused-ring (bicyclic) bond motifs is 3. The number of aliphatic carboxylic acids is 1. The van der Waals surface area contributed by atoms with Crippen molar-refractivity contribution < 1.29 is 9.90 Å². The van der Waals surface area contributed by atoms with E-state index < -0.39 is 17.9 Å². The van der Waals surface area contributed by atoms with Crippen LogP contribution in [-0.4, -0.2) is 31.6 Å². The van der Waals surface area contributed by atoms with Crippen molar-refractivity contribution in [2.75, 3.05) is 5.73 Å². The maximum atomic E-state index is 12.0. The summed E-state index contributed by atoms with van der Waals surface area (Å²) in [5, 5.41) is 19.4. The van der Waals surface area contributed by atoms with Gasteiger partial charge in [0.2, 0.25) is 0 Å². The first-order chi connectivity index (χ1) is 16.3. The number of benzene rings is 2. The molecule has 0 fully saturated rings. The van der Waals surface area contributed by atoms with Gasteiger partial charge in [0.05, 0.1) is 11.6 Å². The summed E-state index contributed by atoms with van der Waals surface area (Å²) >= 11 is 1.65. The summed E-state index contributed by atoms with van der Waals surface area (Å²) < 4.78 is 1.97. The Labute approximate surface area is 201 Å². The average Bonchev–Trinajstić information content (AvgIpc) is 3.28. The topological polar surface area (TPSA) is 106 Å². The van der Waals surface area contributed by atoms with Crippen molar-refractivity contribution in [2.24, 2.45) is 10.9 Å². The minimum absolute atomic E-state index is 0.557. The largest absolute Gasteiger partial charge is 0.481 e. The molecular weight excluding hydrogens is 446 g/mol. The van der Waals surface area contributed by atoms with Crippen LogP contribution in [0.2, 0.25) is 0 Å². The highest BCUT2D eigenvalue weighted by Crippen LogP contribution is 2.40. The predicted molar refractivity (Wildman–Crippen MR) is 135 cm³/mol. The Morgan fingerprint density at radius 1 is 1.06 bits per heavy atom. The van der Waals surface area contributed by atoms with E-state index in [0.717, 1.165) is 38.5 Å². The minimum atomic E-state index is -0.921. The number of aromatic nitrogens is 3. The van der Waals surface area contributed by atoms with Crippen LogP contribution >= 0.6 is 11.3 Å². The summed E-state index contributed by atoms with van der Waals surface area (Å²) in [6.07, 6.45) is 0. The maximum Gasteiger partial charge on any atom is 0.308 e. The third-order valence-electron chi connectivity index (χ3n) is 6.43. The summed E-state index contributed by atoms with van der Waals surface area (Å²) in [7, 11) is 0. The monoisotopic (exact) mass is 471 g/mol. The first-order valence-electron chi connectivity index (χ1n) is 11.1. The minimum Gasteiger partial charge on any atom is -0.481 e. The van der Waals surface area contributed by atoms with Crippen molar-refractivity contribution in [2.45, 2.75) is 33.7 Å². The number of carbonyl (C=O) groups is 1. The predicted octanol–water partition coefficient (Wildman–Crippen LogP) is 5.12. The molecule has 3 heterocycles. The number of hydrogen-bond acceptors (Lipinski definition) is 6. The van der Waals surface area contributed by atoms with Crippen LogP contribution in [0.25, 0.3) is 16.1 Å². The van der Waals surface area contributed by atoms with Gasteiger partial charge in [0, 0.05) is 21.7 Å². The number of thiophene rings is 1. The van der Waals surface area contributed by atoms with Gasteiger partial charge in [-0.15, -0.1) is 21.5 Å². The number of nitrogens with zero attached hydrogens (tertiary/aromatic N) is 4. The molecule has 0 saturated carbocycles. The number of carboxylic acids is 1. The fraction of sp³-hybridized carbons (Fsp3) is 0.231. The molecule has 8 heteroatoms. The number of nitrogens with two attached hydrogens (primary N) is 1. The number of aryl methyl sites for hydroxylation is 2. The molecule has 5 rings (SSSR count). The molecule has 1 unspecified atom stereocenters. The van der Waals surface area contributed by atoms with Crippen LogP contribution in [0.5, 0.6) is 0 Å². The molecule has 7 nitrogen and oxygen atoms in total. The van der Waals surface area contributed by atoms with Crippen molar-refractivity contribution in [1.82, 2.24) is 14.8 Å². The Kier molecular flexibility index (Phi) is 5.32. The number of aliphatic imine (C=N–C) groups is 1. The molecule has 172 valence electrons. The molecule has 0 bridgehead atoms. The summed E-state index contributed by atoms with van der Waals surface area (Å²) in [4.78, 5) is 18.2. The number of carboxylic acid groups (broad SMARTS) is 1. The zero-order valence-electron chi connectivity index (χ0n) is 19.4. The summed E-state index contributed by atoms with van der Waals surface area (Å²) in [6.45, 7) is 7.73. The van der Waals surface area contributed by atoms with Gasteiger partial charge in [-0.3, -0.25) is 14.4 Å². The second kappa shape index (κ2) is 8.22. The fourth-order valence-electron chi connectivity index (χ4n) is 4.36. The Hall–Kier alpha value is -3.78. The molecular formula is C26H25N5O2S. The molecule has 2 aromatic carbocycles. The standard InChI is InChI=1S/C26H25N5O2S/c1-13-15(3)34-25-21(13)23(18-10-8-17(9-11-18)19-6-5-7-20(27)12-19)28-22(14(2)26(32)33)24-30-29-16(4)31(24)25/h5-12,14,22H,27H2,1-4H3,(H,32,33)/t14?,22-/m0/s1. The lowest BCUT2D eigenvalue weighted by molar-refractivity contribution is -0.141. The van der Waals surface area contributed by atoms with Crippen molar-refractivity contribution in [1.29, 1.82) is 0 Å².